The third-order valence-electron chi connectivity index (χ3n) is 3.54. The van der Waals surface area contributed by atoms with Gasteiger partial charge >= 0.3 is 0 Å². The second kappa shape index (κ2) is 8.20. The van der Waals surface area contributed by atoms with Crippen molar-refractivity contribution in [1.82, 2.24) is 5.32 Å². The van der Waals surface area contributed by atoms with Gasteiger partial charge in [-0.25, -0.2) is 0 Å². The van der Waals surface area contributed by atoms with Crippen LogP contribution in [0.5, 0.6) is 11.5 Å². The first-order valence-corrected chi connectivity index (χ1v) is 7.81. The number of hydrogen-bond acceptors (Lipinski definition) is 3. The van der Waals surface area contributed by atoms with Crippen molar-refractivity contribution < 1.29 is 14.3 Å². The molecule has 0 fully saturated rings. The maximum Gasteiger partial charge on any atom is 0.251 e. The number of benzene rings is 2. The van der Waals surface area contributed by atoms with E-state index in [2.05, 4.69) is 11.9 Å². The topological polar surface area (TPSA) is 47.6 Å². The number of amides is 1. The summed E-state index contributed by atoms with van der Waals surface area (Å²) in [4.78, 5) is 12.4. The van der Waals surface area contributed by atoms with Gasteiger partial charge in [0.05, 0.1) is 13.2 Å². The van der Waals surface area contributed by atoms with Gasteiger partial charge in [0, 0.05) is 5.56 Å². The van der Waals surface area contributed by atoms with Gasteiger partial charge in [0.2, 0.25) is 0 Å². The average molecular weight is 325 g/mol. The molecule has 0 aromatic heterocycles. The van der Waals surface area contributed by atoms with Gasteiger partial charge in [-0.2, -0.15) is 0 Å². The first kappa shape index (κ1) is 17.6. The Morgan fingerprint density at radius 3 is 2.50 bits per heavy atom. The monoisotopic (exact) mass is 325 g/mol. The van der Waals surface area contributed by atoms with Gasteiger partial charge in [-0.3, -0.25) is 4.79 Å². The van der Waals surface area contributed by atoms with E-state index in [1.54, 1.807) is 25.3 Å². The zero-order chi connectivity index (χ0) is 17.5. The van der Waals surface area contributed by atoms with E-state index in [1.165, 1.54) is 0 Å². The zero-order valence-electron chi connectivity index (χ0n) is 14.3. The Hall–Kier alpha value is -2.75. The lowest BCUT2D eigenvalue weighted by Crippen LogP contribution is -2.26. The van der Waals surface area contributed by atoms with Crippen LogP contribution in [0.1, 0.15) is 35.8 Å². The van der Waals surface area contributed by atoms with Gasteiger partial charge < -0.3 is 14.8 Å². The fraction of sp³-hybridized carbons (Fsp3) is 0.250. The summed E-state index contributed by atoms with van der Waals surface area (Å²) in [5.74, 6) is 1.31. The number of nitrogens with one attached hydrogen (secondary N) is 1. The molecule has 126 valence electrons. The van der Waals surface area contributed by atoms with Gasteiger partial charge in [0.1, 0.15) is 18.1 Å². The molecule has 0 bridgehead atoms. The van der Waals surface area contributed by atoms with Crippen LogP contribution in [-0.2, 0) is 0 Å². The lowest BCUT2D eigenvalue weighted by molar-refractivity contribution is 0.0939. The van der Waals surface area contributed by atoms with Gasteiger partial charge in [0.25, 0.3) is 5.91 Å². The number of rotatable bonds is 7. The first-order chi connectivity index (χ1) is 11.5. The minimum Gasteiger partial charge on any atom is -0.497 e. The largest absolute Gasteiger partial charge is 0.497 e. The number of carbonyl (C=O) groups is 1. The molecule has 0 aliphatic heterocycles. The summed E-state index contributed by atoms with van der Waals surface area (Å²) in [6, 6.07) is 14.7. The molecule has 2 aromatic rings. The molecule has 0 radical (unpaired) electrons. The quantitative estimate of drug-likeness (QED) is 0.778. The van der Waals surface area contributed by atoms with Crippen molar-refractivity contribution in [2.75, 3.05) is 13.7 Å². The van der Waals surface area contributed by atoms with Crippen LogP contribution in [-0.4, -0.2) is 19.6 Å². The van der Waals surface area contributed by atoms with Gasteiger partial charge in [-0.15, -0.1) is 0 Å². The van der Waals surface area contributed by atoms with E-state index in [4.69, 9.17) is 9.47 Å². The molecule has 0 heterocycles. The number of methoxy groups -OCH3 is 1. The van der Waals surface area contributed by atoms with Gasteiger partial charge in [-0.05, 0) is 55.3 Å². The molecule has 24 heavy (non-hydrogen) atoms. The van der Waals surface area contributed by atoms with E-state index in [1.807, 2.05) is 44.2 Å². The summed E-state index contributed by atoms with van der Waals surface area (Å²) >= 11 is 0. The molecule has 2 aromatic carbocycles. The Labute approximate surface area is 143 Å². The van der Waals surface area contributed by atoms with Crippen molar-refractivity contribution in [2.45, 2.75) is 19.9 Å². The van der Waals surface area contributed by atoms with E-state index in [9.17, 15) is 4.79 Å². The van der Waals surface area contributed by atoms with Crippen LogP contribution in [0.4, 0.5) is 0 Å². The van der Waals surface area contributed by atoms with Crippen LogP contribution >= 0.6 is 0 Å². The second-order valence-electron chi connectivity index (χ2n) is 5.74. The molecule has 4 heteroatoms. The Morgan fingerprint density at radius 2 is 1.88 bits per heavy atom. The highest BCUT2D eigenvalue weighted by molar-refractivity contribution is 5.94. The fourth-order valence-corrected chi connectivity index (χ4v) is 2.19. The van der Waals surface area contributed by atoms with Crippen LogP contribution in [0.25, 0.3) is 0 Å². The Balaban J connectivity index is 2.02. The van der Waals surface area contributed by atoms with E-state index >= 15 is 0 Å². The zero-order valence-corrected chi connectivity index (χ0v) is 14.3. The Bertz CT molecular complexity index is 707. The highest BCUT2D eigenvalue weighted by Gasteiger charge is 2.12. The van der Waals surface area contributed by atoms with Crippen LogP contribution < -0.4 is 14.8 Å². The second-order valence-corrected chi connectivity index (χ2v) is 5.74. The van der Waals surface area contributed by atoms with Crippen LogP contribution in [0, 0.1) is 0 Å². The summed E-state index contributed by atoms with van der Waals surface area (Å²) in [5.41, 5.74) is 2.51. The van der Waals surface area contributed by atoms with Crippen molar-refractivity contribution in [3.63, 3.8) is 0 Å². The van der Waals surface area contributed by atoms with Gasteiger partial charge in [-0.1, -0.05) is 24.8 Å². The minimum absolute atomic E-state index is 0.108. The SMILES string of the molecule is C=C(C)COc1cccc(C(=O)NC(C)c2ccc(OC)cc2)c1. The van der Waals surface area contributed by atoms with Crippen molar-refractivity contribution in [2.24, 2.45) is 0 Å². The number of carbonyl (C=O) groups excluding carboxylic acids is 1. The predicted octanol–water partition coefficient (Wildman–Crippen LogP) is 4.14. The standard InChI is InChI=1S/C20H23NO3/c1-14(2)13-24-19-7-5-6-17(12-19)20(22)21-15(3)16-8-10-18(23-4)11-9-16/h5-12,15H,1,13H2,2-4H3,(H,21,22). The maximum atomic E-state index is 12.4. The molecule has 0 aliphatic rings. The molecule has 0 saturated carbocycles. The highest BCUT2D eigenvalue weighted by atomic mass is 16.5. The summed E-state index contributed by atoms with van der Waals surface area (Å²) in [5, 5.41) is 2.99. The van der Waals surface area contributed by atoms with E-state index in [0.29, 0.717) is 17.9 Å². The van der Waals surface area contributed by atoms with Crippen molar-refractivity contribution in [1.29, 1.82) is 0 Å². The Kier molecular flexibility index (Phi) is 6.01. The van der Waals surface area contributed by atoms with Crippen LogP contribution in [0.3, 0.4) is 0 Å². The van der Waals surface area contributed by atoms with Crippen molar-refractivity contribution in [3.05, 3.63) is 71.8 Å². The molecule has 4 nitrogen and oxygen atoms in total. The molecule has 0 spiro atoms. The summed E-state index contributed by atoms with van der Waals surface area (Å²) < 4.78 is 10.7. The average Bonchev–Trinajstić information content (AvgIpc) is 2.60. The Morgan fingerprint density at radius 1 is 1.17 bits per heavy atom. The van der Waals surface area contributed by atoms with Crippen LogP contribution in [0.15, 0.2) is 60.7 Å². The molecule has 0 saturated heterocycles. The lowest BCUT2D eigenvalue weighted by atomic mass is 10.1. The third-order valence-corrected chi connectivity index (χ3v) is 3.54. The third kappa shape index (κ3) is 4.88. The highest BCUT2D eigenvalue weighted by Crippen LogP contribution is 2.19. The van der Waals surface area contributed by atoms with E-state index in [0.717, 1.165) is 16.9 Å². The molecule has 0 aliphatic carbocycles. The summed E-state index contributed by atoms with van der Waals surface area (Å²) in [6.45, 7) is 8.08. The van der Waals surface area contributed by atoms with E-state index < -0.39 is 0 Å². The molecular formula is C20H23NO3. The molecular weight excluding hydrogens is 302 g/mol. The summed E-state index contributed by atoms with van der Waals surface area (Å²) in [7, 11) is 1.63. The van der Waals surface area contributed by atoms with Crippen molar-refractivity contribution >= 4 is 5.91 Å². The predicted molar refractivity (Wildman–Crippen MR) is 95.6 cm³/mol. The summed E-state index contributed by atoms with van der Waals surface area (Å²) in [6.07, 6.45) is 0. The van der Waals surface area contributed by atoms with Gasteiger partial charge in [0.15, 0.2) is 0 Å². The number of ether oxygens (including phenoxy) is 2. The fourth-order valence-electron chi connectivity index (χ4n) is 2.19. The first-order valence-electron chi connectivity index (χ1n) is 7.81. The smallest absolute Gasteiger partial charge is 0.251 e. The maximum absolute atomic E-state index is 12.4. The van der Waals surface area contributed by atoms with E-state index in [-0.39, 0.29) is 11.9 Å². The normalized spacial score (nSPS) is 11.5. The molecule has 2 rings (SSSR count). The number of hydrogen-bond donors (Lipinski definition) is 1. The van der Waals surface area contributed by atoms with Crippen LogP contribution in [0.2, 0.25) is 0 Å². The molecule has 1 atom stereocenters. The lowest BCUT2D eigenvalue weighted by Gasteiger charge is -2.15. The van der Waals surface area contributed by atoms with Crippen molar-refractivity contribution in [3.8, 4) is 11.5 Å². The molecule has 1 unspecified atom stereocenters. The molecule has 1 N–H and O–H groups in total. The molecule has 1 amide bonds. The minimum atomic E-state index is -0.140.